The first-order valence-electron chi connectivity index (χ1n) is 2.14. The van der Waals surface area contributed by atoms with Crippen molar-refractivity contribution >= 4 is 5.95 Å². The van der Waals surface area contributed by atoms with Crippen molar-refractivity contribution in [2.75, 3.05) is 5.43 Å². The molecule has 1 aromatic rings. The molecule has 48 valence electrons. The highest BCUT2D eigenvalue weighted by atomic mass is 19.1. The predicted molar refractivity (Wildman–Crippen MR) is 27.6 cm³/mol. The lowest BCUT2D eigenvalue weighted by molar-refractivity contribution is 0.534. The Morgan fingerprint density at radius 1 is 1.56 bits per heavy atom. The van der Waals surface area contributed by atoms with Crippen LogP contribution < -0.4 is 11.3 Å². The third-order valence-electron chi connectivity index (χ3n) is 0.672. The first kappa shape index (κ1) is 5.83. The fraction of sp³-hybridized carbons (Fsp3) is 0. The molecule has 1 aromatic heterocycles. The Morgan fingerprint density at radius 3 is 2.78 bits per heavy atom. The third-order valence-corrected chi connectivity index (χ3v) is 0.672. The maximum Gasteiger partial charge on any atom is 0.313 e. The number of hydrogen-bond donors (Lipinski definition) is 2. The van der Waals surface area contributed by atoms with E-state index >= 15 is 0 Å². The van der Waals surface area contributed by atoms with Gasteiger partial charge >= 0.3 is 6.08 Å². The number of halogens is 1. The minimum atomic E-state index is -0.849. The summed E-state index contributed by atoms with van der Waals surface area (Å²) < 4.78 is 12.0. The Morgan fingerprint density at radius 2 is 2.33 bits per heavy atom. The molecule has 0 aromatic carbocycles. The van der Waals surface area contributed by atoms with E-state index in [4.69, 9.17) is 5.84 Å². The second-order valence-electron chi connectivity index (χ2n) is 1.22. The fourth-order valence-electron chi connectivity index (χ4n) is 0.346. The molecule has 3 N–H and O–H groups in total. The molecule has 5 nitrogen and oxygen atoms in total. The Bertz CT molecular complexity index is 201. The summed E-state index contributed by atoms with van der Waals surface area (Å²) in [6.07, 6.45) is 0.176. The molecule has 1 heterocycles. The molecule has 9 heavy (non-hydrogen) atoms. The van der Waals surface area contributed by atoms with Gasteiger partial charge in [-0.15, -0.1) is 0 Å². The summed E-state index contributed by atoms with van der Waals surface area (Å²) in [6.45, 7) is 0. The normalized spacial score (nSPS) is 9.11. The molecule has 0 amide bonds. The number of hydrazine groups is 1. The zero-order valence-electron chi connectivity index (χ0n) is 4.37. The lowest BCUT2D eigenvalue weighted by Gasteiger charge is -1.92. The van der Waals surface area contributed by atoms with Crippen LogP contribution >= 0.6 is 0 Å². The van der Waals surface area contributed by atoms with Crippen molar-refractivity contribution in [2.45, 2.75) is 0 Å². The molecule has 0 saturated heterocycles. The summed E-state index contributed by atoms with van der Waals surface area (Å²) >= 11 is 0. The Kier molecular flexibility index (Phi) is 1.50. The fourth-order valence-corrected chi connectivity index (χ4v) is 0.346. The largest absolute Gasteiger partial charge is 0.313 e. The summed E-state index contributed by atoms with van der Waals surface area (Å²) in [5, 5.41) is 0. The smallest absolute Gasteiger partial charge is 0.292 e. The van der Waals surface area contributed by atoms with Gasteiger partial charge in [-0.05, 0) is 0 Å². The average molecular weight is 129 g/mol. The highest BCUT2D eigenvalue weighted by molar-refractivity contribution is 5.17. The standard InChI is InChI=1S/C3H4FN5/c4-2-6-1-7-3(8-2)9-5/h1H,5H2,(H,6,7,8,9). The molecule has 0 unspecified atom stereocenters. The zero-order chi connectivity index (χ0) is 6.69. The molecule has 0 aliphatic heterocycles. The molecular formula is C3H4FN5. The highest BCUT2D eigenvalue weighted by Gasteiger charge is 1.93. The number of rotatable bonds is 1. The van der Waals surface area contributed by atoms with Crippen LogP contribution in [0, 0.1) is 6.08 Å². The van der Waals surface area contributed by atoms with Gasteiger partial charge in [0, 0.05) is 0 Å². The van der Waals surface area contributed by atoms with E-state index in [1.165, 1.54) is 0 Å². The van der Waals surface area contributed by atoms with Gasteiger partial charge in [0.25, 0.3) is 0 Å². The van der Waals surface area contributed by atoms with Gasteiger partial charge in [0.1, 0.15) is 6.33 Å². The van der Waals surface area contributed by atoms with Crippen LogP contribution in [0.3, 0.4) is 0 Å². The summed E-state index contributed by atoms with van der Waals surface area (Å²) in [5.74, 6) is 4.87. The summed E-state index contributed by atoms with van der Waals surface area (Å²) in [6, 6.07) is 0. The number of nitrogen functional groups attached to an aromatic ring is 1. The van der Waals surface area contributed by atoms with Gasteiger partial charge in [0.05, 0.1) is 0 Å². The number of nitrogens with two attached hydrogens (primary N) is 1. The van der Waals surface area contributed by atoms with Gasteiger partial charge < -0.3 is 0 Å². The lowest BCUT2D eigenvalue weighted by atomic mass is 10.9. The highest BCUT2D eigenvalue weighted by Crippen LogP contribution is 1.90. The van der Waals surface area contributed by atoms with E-state index in [2.05, 4.69) is 20.4 Å². The SMILES string of the molecule is NNc1ncnc(F)n1. The molecule has 0 aliphatic carbocycles. The van der Waals surface area contributed by atoms with E-state index in [-0.39, 0.29) is 5.95 Å². The number of aromatic nitrogens is 3. The lowest BCUT2D eigenvalue weighted by Crippen LogP contribution is -2.11. The van der Waals surface area contributed by atoms with Crippen LogP contribution in [-0.2, 0) is 0 Å². The second kappa shape index (κ2) is 2.31. The zero-order valence-corrected chi connectivity index (χ0v) is 4.37. The monoisotopic (exact) mass is 129 g/mol. The van der Waals surface area contributed by atoms with Crippen molar-refractivity contribution in [1.29, 1.82) is 0 Å². The van der Waals surface area contributed by atoms with E-state index in [0.717, 1.165) is 6.33 Å². The average Bonchev–Trinajstić information content (AvgIpc) is 1.88. The summed E-state index contributed by atoms with van der Waals surface area (Å²) in [4.78, 5) is 9.73. The summed E-state index contributed by atoms with van der Waals surface area (Å²) in [5.41, 5.74) is 2.07. The molecule has 0 bridgehead atoms. The van der Waals surface area contributed by atoms with Crippen LogP contribution in [-0.4, -0.2) is 15.0 Å². The number of nitrogens with zero attached hydrogens (tertiary/aromatic N) is 3. The van der Waals surface area contributed by atoms with Gasteiger partial charge in [-0.3, -0.25) is 5.43 Å². The molecule has 6 heteroatoms. The van der Waals surface area contributed by atoms with Crippen molar-refractivity contribution in [3.05, 3.63) is 12.4 Å². The van der Waals surface area contributed by atoms with Crippen molar-refractivity contribution in [3.63, 3.8) is 0 Å². The van der Waals surface area contributed by atoms with E-state index in [0.29, 0.717) is 0 Å². The van der Waals surface area contributed by atoms with Gasteiger partial charge in [0.15, 0.2) is 0 Å². The molecule has 0 aliphatic rings. The van der Waals surface area contributed by atoms with E-state index in [9.17, 15) is 4.39 Å². The van der Waals surface area contributed by atoms with Crippen molar-refractivity contribution in [3.8, 4) is 0 Å². The van der Waals surface area contributed by atoms with E-state index in [1.807, 2.05) is 0 Å². The Balaban J connectivity index is 2.94. The van der Waals surface area contributed by atoms with Gasteiger partial charge in [-0.2, -0.15) is 14.4 Å². The third kappa shape index (κ3) is 1.29. The Hall–Kier alpha value is -1.30. The van der Waals surface area contributed by atoms with Crippen molar-refractivity contribution in [1.82, 2.24) is 15.0 Å². The molecule has 0 saturated carbocycles. The molecule has 0 radical (unpaired) electrons. The Labute approximate surface area is 50.1 Å². The van der Waals surface area contributed by atoms with Crippen molar-refractivity contribution < 1.29 is 4.39 Å². The first-order valence-corrected chi connectivity index (χ1v) is 2.14. The van der Waals surface area contributed by atoms with Gasteiger partial charge in [-0.25, -0.2) is 10.8 Å². The van der Waals surface area contributed by atoms with Crippen LogP contribution in [0.4, 0.5) is 10.3 Å². The van der Waals surface area contributed by atoms with E-state index < -0.39 is 6.08 Å². The van der Waals surface area contributed by atoms with Crippen LogP contribution in [0.5, 0.6) is 0 Å². The van der Waals surface area contributed by atoms with Gasteiger partial charge in [0.2, 0.25) is 5.95 Å². The van der Waals surface area contributed by atoms with Crippen molar-refractivity contribution in [2.24, 2.45) is 5.84 Å². The molecular weight excluding hydrogens is 125 g/mol. The number of nitrogens with one attached hydrogen (secondary N) is 1. The first-order chi connectivity index (χ1) is 4.33. The minimum absolute atomic E-state index is 0.0162. The molecule has 0 fully saturated rings. The topological polar surface area (TPSA) is 76.7 Å². The molecule has 1 rings (SSSR count). The van der Waals surface area contributed by atoms with Crippen LogP contribution in [0.2, 0.25) is 0 Å². The maximum atomic E-state index is 12.0. The minimum Gasteiger partial charge on any atom is -0.292 e. The predicted octanol–water partition coefficient (Wildman–Crippen LogP) is -0.704. The van der Waals surface area contributed by atoms with Crippen LogP contribution in [0.15, 0.2) is 6.33 Å². The van der Waals surface area contributed by atoms with Gasteiger partial charge in [-0.1, -0.05) is 0 Å². The quantitative estimate of drug-likeness (QED) is 0.387. The van der Waals surface area contributed by atoms with Crippen LogP contribution in [0.25, 0.3) is 0 Å². The van der Waals surface area contributed by atoms with E-state index in [1.54, 1.807) is 0 Å². The molecule has 0 spiro atoms. The molecule has 0 atom stereocenters. The number of anilines is 1. The maximum absolute atomic E-state index is 12.0. The second-order valence-corrected chi connectivity index (χ2v) is 1.22. The summed E-state index contributed by atoms with van der Waals surface area (Å²) in [7, 11) is 0. The van der Waals surface area contributed by atoms with Crippen LogP contribution in [0.1, 0.15) is 0 Å². The number of hydrogen-bond acceptors (Lipinski definition) is 5.